The minimum Gasteiger partial charge on any atom is -0.550 e. The van der Waals surface area contributed by atoms with Gasteiger partial charge in [0.05, 0.1) is 0 Å². The molecular formula is C16H13N2O4Pd-. The van der Waals surface area contributed by atoms with E-state index in [0.717, 1.165) is 35.7 Å². The molecule has 0 radical (unpaired) electrons. The fourth-order valence-electron chi connectivity index (χ4n) is 1.63. The van der Waals surface area contributed by atoms with Crippen LogP contribution in [-0.2, 0) is 30.0 Å². The minimum atomic E-state index is -1.08. The van der Waals surface area contributed by atoms with Crippen LogP contribution in [0.15, 0.2) is 42.6 Å². The maximum atomic E-state index is 8.89. The average Bonchev–Trinajstić information content (AvgIpc) is 2.46. The number of hydrogen-bond acceptors (Lipinski definition) is 6. The van der Waals surface area contributed by atoms with Gasteiger partial charge in [-0.2, -0.15) is 12.1 Å². The van der Waals surface area contributed by atoms with Crippen molar-refractivity contribution in [2.24, 2.45) is 0 Å². The Morgan fingerprint density at radius 2 is 1.48 bits per heavy atom. The number of nitrogens with zero attached hydrogens (tertiary/aromatic N) is 2. The van der Waals surface area contributed by atoms with Crippen LogP contribution in [0.1, 0.15) is 13.8 Å². The van der Waals surface area contributed by atoms with Crippen LogP contribution in [0.5, 0.6) is 0 Å². The molecule has 3 aromatic rings. The number of carbonyl (C=O) groups excluding carboxylic acids is 2. The van der Waals surface area contributed by atoms with Crippen LogP contribution in [-0.4, -0.2) is 21.9 Å². The van der Waals surface area contributed by atoms with Crippen molar-refractivity contribution < 1.29 is 40.2 Å². The predicted octanol–water partition coefficient (Wildman–Crippen LogP) is 0.0931. The predicted molar refractivity (Wildman–Crippen MR) is 77.2 cm³/mol. The Morgan fingerprint density at radius 1 is 0.957 bits per heavy atom. The van der Waals surface area contributed by atoms with Crippen molar-refractivity contribution in [1.82, 2.24) is 9.97 Å². The van der Waals surface area contributed by atoms with Crippen LogP contribution < -0.4 is 10.2 Å². The third-order valence-corrected chi connectivity index (χ3v) is 2.29. The van der Waals surface area contributed by atoms with E-state index in [1.54, 1.807) is 6.20 Å². The van der Waals surface area contributed by atoms with Gasteiger partial charge in [-0.15, -0.1) is 5.39 Å². The van der Waals surface area contributed by atoms with Gasteiger partial charge in [-0.25, -0.2) is 0 Å². The van der Waals surface area contributed by atoms with E-state index in [9.17, 15) is 0 Å². The second kappa shape index (κ2) is 10.4. The number of aromatic nitrogens is 2. The van der Waals surface area contributed by atoms with Gasteiger partial charge in [0.25, 0.3) is 0 Å². The molecule has 3 rings (SSSR count). The first-order chi connectivity index (χ1) is 10.4. The molecule has 0 aliphatic rings. The Bertz CT molecular complexity index is 718. The zero-order valence-corrected chi connectivity index (χ0v) is 13.9. The number of carboxylic acid groups (broad SMARTS) is 2. The van der Waals surface area contributed by atoms with E-state index in [1.165, 1.54) is 0 Å². The summed E-state index contributed by atoms with van der Waals surface area (Å²) in [7, 11) is 0. The third kappa shape index (κ3) is 7.45. The summed E-state index contributed by atoms with van der Waals surface area (Å²) in [5.74, 6) is -2.17. The summed E-state index contributed by atoms with van der Waals surface area (Å²) in [6.45, 7) is 1.94. The van der Waals surface area contributed by atoms with E-state index in [1.807, 2.05) is 24.3 Å². The third-order valence-electron chi connectivity index (χ3n) is 2.29. The molecular weight excluding hydrogens is 391 g/mol. The van der Waals surface area contributed by atoms with Crippen LogP contribution in [0, 0.1) is 6.20 Å². The number of fused-ring (bicyclic) bond motifs is 3. The van der Waals surface area contributed by atoms with E-state index >= 15 is 0 Å². The molecule has 0 bridgehead atoms. The fraction of sp³-hybridized carbons (Fsp3) is 0.125. The van der Waals surface area contributed by atoms with Crippen LogP contribution >= 0.6 is 0 Å². The van der Waals surface area contributed by atoms with Gasteiger partial charge < -0.3 is 24.8 Å². The molecule has 0 aliphatic heterocycles. The van der Waals surface area contributed by atoms with Gasteiger partial charge in [0.1, 0.15) is 0 Å². The van der Waals surface area contributed by atoms with Crippen LogP contribution in [0.4, 0.5) is 0 Å². The summed E-state index contributed by atoms with van der Waals surface area (Å²) in [5.41, 5.74) is 1.87. The molecule has 0 amide bonds. The van der Waals surface area contributed by atoms with Crippen LogP contribution in [0.2, 0.25) is 0 Å². The standard InChI is InChI=1S/C12H7N2.2C2H4O2.Pd/c1-3-9-5-6-10-4-2-8-14-12(10)11(9)13-7-1;2*1-2(3)4;/h1-7H;2*1H3,(H,3,4);/q-1;;;+2/p-2. The number of carbonyl (C=O) groups is 2. The monoisotopic (exact) mass is 403 g/mol. The Hall–Kier alpha value is -2.36. The largest absolute Gasteiger partial charge is 2.00 e. The van der Waals surface area contributed by atoms with Gasteiger partial charge in [-0.05, 0) is 30.8 Å². The fourth-order valence-corrected chi connectivity index (χ4v) is 1.63. The van der Waals surface area contributed by atoms with Crippen molar-refractivity contribution >= 4 is 33.7 Å². The summed E-state index contributed by atoms with van der Waals surface area (Å²) >= 11 is 0. The van der Waals surface area contributed by atoms with Gasteiger partial charge >= 0.3 is 20.4 Å². The molecule has 23 heavy (non-hydrogen) atoms. The van der Waals surface area contributed by atoms with Crippen molar-refractivity contribution in [2.45, 2.75) is 13.8 Å². The van der Waals surface area contributed by atoms with Gasteiger partial charge in [0, 0.05) is 23.7 Å². The number of hydrogen-bond donors (Lipinski definition) is 0. The second-order valence-corrected chi connectivity index (χ2v) is 4.14. The zero-order valence-electron chi connectivity index (χ0n) is 12.4. The first-order valence-corrected chi connectivity index (χ1v) is 6.27. The van der Waals surface area contributed by atoms with Crippen molar-refractivity contribution in [3.8, 4) is 0 Å². The van der Waals surface area contributed by atoms with E-state index < -0.39 is 11.9 Å². The summed E-state index contributed by atoms with van der Waals surface area (Å²) in [6, 6.07) is 11.9. The van der Waals surface area contributed by atoms with Crippen molar-refractivity contribution in [3.05, 3.63) is 48.8 Å². The number of benzene rings is 1. The molecule has 0 saturated heterocycles. The maximum absolute atomic E-state index is 8.89. The molecule has 1 aromatic carbocycles. The van der Waals surface area contributed by atoms with Crippen LogP contribution in [0.3, 0.4) is 0 Å². The molecule has 0 unspecified atom stereocenters. The van der Waals surface area contributed by atoms with Gasteiger partial charge in [-0.1, -0.05) is 24.4 Å². The van der Waals surface area contributed by atoms with Gasteiger partial charge in [0.2, 0.25) is 0 Å². The Balaban J connectivity index is 0.000000461. The molecule has 0 atom stereocenters. The first-order valence-electron chi connectivity index (χ1n) is 6.27. The first kappa shape index (κ1) is 20.6. The van der Waals surface area contributed by atoms with Gasteiger partial charge in [0.15, 0.2) is 0 Å². The van der Waals surface area contributed by atoms with Crippen molar-refractivity contribution in [1.29, 1.82) is 0 Å². The van der Waals surface area contributed by atoms with Crippen molar-refractivity contribution in [2.75, 3.05) is 0 Å². The zero-order chi connectivity index (χ0) is 16.5. The number of rotatable bonds is 0. The summed E-state index contributed by atoms with van der Waals surface area (Å²) < 4.78 is 0. The molecule has 122 valence electrons. The minimum absolute atomic E-state index is 0. The molecule has 2 aromatic heterocycles. The number of aliphatic carboxylic acids is 2. The summed E-state index contributed by atoms with van der Waals surface area (Å²) in [6.07, 6.45) is 4.63. The van der Waals surface area contributed by atoms with E-state index in [0.29, 0.717) is 0 Å². The topological polar surface area (TPSA) is 106 Å². The molecule has 0 aliphatic carbocycles. The molecule has 0 fully saturated rings. The Morgan fingerprint density at radius 3 is 2.04 bits per heavy atom. The van der Waals surface area contributed by atoms with Gasteiger partial charge in [-0.3, -0.25) is 4.98 Å². The summed E-state index contributed by atoms with van der Waals surface area (Å²) in [4.78, 5) is 26.3. The molecule has 0 saturated carbocycles. The molecule has 7 heteroatoms. The SMILES string of the molecule is CC(=O)[O-].CC(=O)[O-].[Pd+2].[c-]1ccc2ccc3cccnc3c2n1. The summed E-state index contributed by atoms with van der Waals surface area (Å²) in [5, 5.41) is 20.0. The molecule has 6 nitrogen and oxygen atoms in total. The smallest absolute Gasteiger partial charge is 0.550 e. The van der Waals surface area contributed by atoms with E-state index in [4.69, 9.17) is 19.8 Å². The normalized spacial score (nSPS) is 8.78. The van der Waals surface area contributed by atoms with E-state index in [-0.39, 0.29) is 20.4 Å². The molecule has 2 heterocycles. The molecule has 0 spiro atoms. The second-order valence-electron chi connectivity index (χ2n) is 4.14. The maximum Gasteiger partial charge on any atom is 2.00 e. The van der Waals surface area contributed by atoms with Crippen LogP contribution in [0.25, 0.3) is 21.8 Å². The number of pyridine rings is 2. The van der Waals surface area contributed by atoms with E-state index in [2.05, 4.69) is 28.3 Å². The Labute approximate surface area is 146 Å². The molecule has 0 N–H and O–H groups in total. The average molecular weight is 404 g/mol. The quantitative estimate of drug-likeness (QED) is 0.299. The van der Waals surface area contributed by atoms with Crippen molar-refractivity contribution in [3.63, 3.8) is 0 Å². The Kier molecular flexibility index (Phi) is 9.32. The number of carboxylic acids is 2.